The summed E-state index contributed by atoms with van der Waals surface area (Å²) in [6.45, 7) is 0.117. The van der Waals surface area contributed by atoms with E-state index in [-0.39, 0.29) is 25.3 Å². The molecule has 1 heterocycles. The van der Waals surface area contributed by atoms with Crippen LogP contribution in [0.3, 0.4) is 0 Å². The van der Waals surface area contributed by atoms with E-state index < -0.39 is 18.1 Å². The lowest BCUT2D eigenvalue weighted by molar-refractivity contribution is -0.148. The van der Waals surface area contributed by atoms with Crippen molar-refractivity contribution >= 4 is 23.6 Å². The number of carbonyl (C=O) groups is 2. The van der Waals surface area contributed by atoms with Gasteiger partial charge in [0.05, 0.1) is 6.10 Å². The van der Waals surface area contributed by atoms with Crippen LogP contribution in [-0.4, -0.2) is 51.4 Å². The molecule has 1 aromatic rings. The zero-order valence-electron chi connectivity index (χ0n) is 10.9. The third kappa shape index (κ3) is 3.74. The number of thioether (sulfide) groups is 1. The first-order valence-electron chi connectivity index (χ1n) is 6.46. The lowest BCUT2D eigenvalue weighted by Crippen LogP contribution is -2.40. The fourth-order valence-corrected chi connectivity index (χ4v) is 3.10. The number of carboxylic acids is 1. The molecular formula is C14H17NO4S. The molecule has 1 aliphatic rings. The topological polar surface area (TPSA) is 77.8 Å². The Balaban J connectivity index is 1.84. The summed E-state index contributed by atoms with van der Waals surface area (Å²) in [6, 6.07) is 8.84. The number of carboxylic acid groups (broad SMARTS) is 1. The number of carbonyl (C=O) groups excluding carboxylic acids is 1. The van der Waals surface area contributed by atoms with Crippen LogP contribution in [0.4, 0.5) is 0 Å². The SMILES string of the molecule is O=C(O)[C@H]1C[C@@H](O)CN1C(=O)CCSc1ccccc1. The molecule has 6 heteroatoms. The van der Waals surface area contributed by atoms with E-state index >= 15 is 0 Å². The van der Waals surface area contributed by atoms with Gasteiger partial charge in [-0.1, -0.05) is 18.2 Å². The van der Waals surface area contributed by atoms with Gasteiger partial charge in [0, 0.05) is 30.0 Å². The van der Waals surface area contributed by atoms with Crippen LogP contribution in [0.2, 0.25) is 0 Å². The number of nitrogens with zero attached hydrogens (tertiary/aromatic N) is 1. The standard InChI is InChI=1S/C14H17NO4S/c16-10-8-12(14(18)19)15(9-10)13(17)6-7-20-11-4-2-1-3-5-11/h1-5,10,12,16H,6-9H2,(H,18,19)/t10-,12-/m1/s1. The Labute approximate surface area is 121 Å². The van der Waals surface area contributed by atoms with Gasteiger partial charge in [-0.05, 0) is 12.1 Å². The van der Waals surface area contributed by atoms with Crippen LogP contribution in [0.25, 0.3) is 0 Å². The van der Waals surface area contributed by atoms with Gasteiger partial charge in [0.1, 0.15) is 6.04 Å². The van der Waals surface area contributed by atoms with Gasteiger partial charge >= 0.3 is 5.97 Å². The molecule has 0 bridgehead atoms. The van der Waals surface area contributed by atoms with E-state index in [4.69, 9.17) is 5.11 Å². The molecule has 0 aromatic heterocycles. The van der Waals surface area contributed by atoms with Gasteiger partial charge in [-0.25, -0.2) is 4.79 Å². The Kier molecular flexibility index (Phi) is 5.03. The number of hydrogen-bond acceptors (Lipinski definition) is 4. The van der Waals surface area contributed by atoms with Gasteiger partial charge in [0.15, 0.2) is 0 Å². The minimum atomic E-state index is -1.05. The maximum absolute atomic E-state index is 12.0. The molecule has 1 aliphatic heterocycles. The van der Waals surface area contributed by atoms with E-state index in [1.807, 2.05) is 30.3 Å². The summed E-state index contributed by atoms with van der Waals surface area (Å²) in [5.74, 6) is -0.662. The van der Waals surface area contributed by atoms with Crippen molar-refractivity contribution in [2.75, 3.05) is 12.3 Å². The van der Waals surface area contributed by atoms with Crippen molar-refractivity contribution in [2.45, 2.75) is 29.9 Å². The predicted molar refractivity (Wildman–Crippen MR) is 75.5 cm³/mol. The molecular weight excluding hydrogens is 278 g/mol. The minimum Gasteiger partial charge on any atom is -0.480 e. The van der Waals surface area contributed by atoms with Crippen LogP contribution in [-0.2, 0) is 9.59 Å². The van der Waals surface area contributed by atoms with Crippen molar-refractivity contribution in [2.24, 2.45) is 0 Å². The fraction of sp³-hybridized carbons (Fsp3) is 0.429. The number of rotatable bonds is 5. The summed E-state index contributed by atoms with van der Waals surface area (Å²) in [5.41, 5.74) is 0. The minimum absolute atomic E-state index is 0.117. The van der Waals surface area contributed by atoms with Crippen molar-refractivity contribution in [1.29, 1.82) is 0 Å². The molecule has 2 N–H and O–H groups in total. The average Bonchev–Trinajstić information content (AvgIpc) is 2.82. The maximum atomic E-state index is 12.0. The Morgan fingerprint density at radius 3 is 2.65 bits per heavy atom. The first kappa shape index (κ1) is 14.9. The number of aliphatic carboxylic acids is 1. The summed E-state index contributed by atoms with van der Waals surface area (Å²) >= 11 is 1.56. The third-order valence-electron chi connectivity index (χ3n) is 3.21. The molecule has 1 saturated heterocycles. The predicted octanol–water partition coefficient (Wildman–Crippen LogP) is 1.22. The molecule has 2 atom stereocenters. The Morgan fingerprint density at radius 2 is 2.00 bits per heavy atom. The van der Waals surface area contributed by atoms with Gasteiger partial charge in [-0.15, -0.1) is 11.8 Å². The van der Waals surface area contributed by atoms with Gasteiger partial charge < -0.3 is 15.1 Å². The average molecular weight is 295 g/mol. The second-order valence-electron chi connectivity index (χ2n) is 4.70. The molecule has 1 amide bonds. The molecule has 0 unspecified atom stereocenters. The smallest absolute Gasteiger partial charge is 0.326 e. The second kappa shape index (κ2) is 6.76. The normalized spacial score (nSPS) is 21.9. The van der Waals surface area contributed by atoms with Crippen LogP contribution in [0.1, 0.15) is 12.8 Å². The van der Waals surface area contributed by atoms with Crippen LogP contribution in [0, 0.1) is 0 Å². The van der Waals surface area contributed by atoms with Crippen LogP contribution in [0.15, 0.2) is 35.2 Å². The largest absolute Gasteiger partial charge is 0.480 e. The Hall–Kier alpha value is -1.53. The molecule has 0 aliphatic carbocycles. The van der Waals surface area contributed by atoms with E-state index in [9.17, 15) is 14.7 Å². The Bertz CT molecular complexity index is 479. The van der Waals surface area contributed by atoms with Crippen molar-refractivity contribution < 1.29 is 19.8 Å². The second-order valence-corrected chi connectivity index (χ2v) is 5.87. The van der Waals surface area contributed by atoms with Gasteiger partial charge in [0.25, 0.3) is 0 Å². The summed E-state index contributed by atoms with van der Waals surface area (Å²) in [5, 5.41) is 18.6. The molecule has 0 spiro atoms. The third-order valence-corrected chi connectivity index (χ3v) is 4.23. The lowest BCUT2D eigenvalue weighted by atomic mass is 10.2. The molecule has 5 nitrogen and oxygen atoms in total. The zero-order valence-corrected chi connectivity index (χ0v) is 11.8. The van der Waals surface area contributed by atoms with Crippen LogP contribution in [0.5, 0.6) is 0 Å². The summed E-state index contributed by atoms with van der Waals surface area (Å²) in [4.78, 5) is 25.4. The van der Waals surface area contributed by atoms with E-state index in [1.54, 1.807) is 11.8 Å². The number of amides is 1. The molecule has 20 heavy (non-hydrogen) atoms. The number of benzene rings is 1. The lowest BCUT2D eigenvalue weighted by Gasteiger charge is -2.20. The molecule has 2 rings (SSSR count). The van der Waals surface area contributed by atoms with E-state index in [1.165, 1.54) is 4.90 Å². The Morgan fingerprint density at radius 1 is 1.30 bits per heavy atom. The number of β-amino-alcohol motifs (C(OH)–C–C–N with tert-alkyl or cyclic N) is 1. The van der Waals surface area contributed by atoms with E-state index in [0.29, 0.717) is 5.75 Å². The highest BCUT2D eigenvalue weighted by molar-refractivity contribution is 7.99. The van der Waals surface area contributed by atoms with Crippen molar-refractivity contribution in [3.05, 3.63) is 30.3 Å². The first-order chi connectivity index (χ1) is 9.58. The summed E-state index contributed by atoms with van der Waals surface area (Å²) in [6.07, 6.45) is -0.343. The van der Waals surface area contributed by atoms with Gasteiger partial charge in [-0.3, -0.25) is 4.79 Å². The molecule has 1 fully saturated rings. The van der Waals surface area contributed by atoms with E-state index in [0.717, 1.165) is 4.90 Å². The van der Waals surface area contributed by atoms with Crippen LogP contribution >= 0.6 is 11.8 Å². The highest BCUT2D eigenvalue weighted by Crippen LogP contribution is 2.22. The van der Waals surface area contributed by atoms with E-state index in [2.05, 4.69) is 0 Å². The highest BCUT2D eigenvalue weighted by Gasteiger charge is 2.38. The monoisotopic (exact) mass is 295 g/mol. The number of hydrogen-bond donors (Lipinski definition) is 2. The number of aliphatic hydroxyl groups excluding tert-OH is 1. The fourth-order valence-electron chi connectivity index (χ4n) is 2.24. The van der Waals surface area contributed by atoms with Gasteiger partial charge in [-0.2, -0.15) is 0 Å². The van der Waals surface area contributed by atoms with Crippen molar-refractivity contribution in [3.63, 3.8) is 0 Å². The number of likely N-dealkylation sites (tertiary alicyclic amines) is 1. The highest BCUT2D eigenvalue weighted by atomic mass is 32.2. The van der Waals surface area contributed by atoms with Crippen LogP contribution < -0.4 is 0 Å². The van der Waals surface area contributed by atoms with Crippen molar-refractivity contribution in [3.8, 4) is 0 Å². The maximum Gasteiger partial charge on any atom is 0.326 e. The molecule has 0 radical (unpaired) electrons. The van der Waals surface area contributed by atoms with Gasteiger partial charge in [0.2, 0.25) is 5.91 Å². The summed E-state index contributed by atoms with van der Waals surface area (Å²) < 4.78 is 0. The molecule has 108 valence electrons. The first-order valence-corrected chi connectivity index (χ1v) is 7.44. The zero-order chi connectivity index (χ0) is 14.5. The summed E-state index contributed by atoms with van der Waals surface area (Å²) in [7, 11) is 0. The molecule has 0 saturated carbocycles. The quantitative estimate of drug-likeness (QED) is 0.799. The molecule has 1 aromatic carbocycles. The van der Waals surface area contributed by atoms with Crippen molar-refractivity contribution in [1.82, 2.24) is 4.90 Å². The number of aliphatic hydroxyl groups is 1.